The van der Waals surface area contributed by atoms with E-state index in [9.17, 15) is 9.59 Å². The SMILES string of the molecule is O=C(NCc1nn(CCc2ccccn2)c(=O)c2ccccc12)c1ccccc1. The van der Waals surface area contributed by atoms with Gasteiger partial charge in [0.2, 0.25) is 0 Å². The van der Waals surface area contributed by atoms with Crippen molar-refractivity contribution in [3.63, 3.8) is 0 Å². The van der Waals surface area contributed by atoms with Crippen molar-refractivity contribution in [2.24, 2.45) is 0 Å². The van der Waals surface area contributed by atoms with Crippen molar-refractivity contribution in [3.05, 3.63) is 106 Å². The van der Waals surface area contributed by atoms with E-state index in [1.165, 1.54) is 4.68 Å². The zero-order valence-electron chi connectivity index (χ0n) is 15.8. The number of nitrogens with zero attached hydrogens (tertiary/aromatic N) is 3. The lowest BCUT2D eigenvalue weighted by Crippen LogP contribution is -2.29. The number of pyridine rings is 1. The third-order valence-electron chi connectivity index (χ3n) is 4.70. The second-order valence-corrected chi connectivity index (χ2v) is 6.64. The van der Waals surface area contributed by atoms with Gasteiger partial charge >= 0.3 is 0 Å². The maximum atomic E-state index is 12.9. The number of amides is 1. The van der Waals surface area contributed by atoms with Gasteiger partial charge in [-0.15, -0.1) is 0 Å². The van der Waals surface area contributed by atoms with Crippen LogP contribution in [0.15, 0.2) is 83.8 Å². The Morgan fingerprint density at radius 2 is 1.62 bits per heavy atom. The highest BCUT2D eigenvalue weighted by atomic mass is 16.1. The Morgan fingerprint density at radius 3 is 2.38 bits per heavy atom. The minimum atomic E-state index is -0.178. The number of aromatic nitrogens is 3. The number of nitrogens with one attached hydrogen (secondary N) is 1. The zero-order valence-corrected chi connectivity index (χ0v) is 15.8. The average Bonchev–Trinajstić information content (AvgIpc) is 2.79. The quantitative estimate of drug-likeness (QED) is 0.554. The van der Waals surface area contributed by atoms with Crippen molar-refractivity contribution < 1.29 is 4.79 Å². The zero-order chi connectivity index (χ0) is 20.1. The Kier molecular flexibility index (Phi) is 5.42. The fourth-order valence-corrected chi connectivity index (χ4v) is 3.21. The molecule has 0 radical (unpaired) electrons. The summed E-state index contributed by atoms with van der Waals surface area (Å²) in [5, 5.41) is 8.78. The number of carbonyl (C=O) groups excluding carboxylic acids is 1. The first-order chi connectivity index (χ1) is 14.2. The Labute approximate surface area is 167 Å². The highest BCUT2D eigenvalue weighted by molar-refractivity contribution is 5.94. The summed E-state index contributed by atoms with van der Waals surface area (Å²) in [6.45, 7) is 0.651. The summed E-state index contributed by atoms with van der Waals surface area (Å²) >= 11 is 0. The van der Waals surface area contributed by atoms with Gasteiger partial charge in [-0.1, -0.05) is 42.5 Å². The van der Waals surface area contributed by atoms with Gasteiger partial charge in [0.25, 0.3) is 11.5 Å². The van der Waals surface area contributed by atoms with Crippen molar-refractivity contribution in [3.8, 4) is 0 Å². The first kappa shape index (κ1) is 18.6. The lowest BCUT2D eigenvalue weighted by molar-refractivity contribution is 0.0950. The summed E-state index contributed by atoms with van der Waals surface area (Å²) in [6.07, 6.45) is 2.33. The average molecular weight is 384 g/mol. The van der Waals surface area contributed by atoms with Crippen molar-refractivity contribution >= 4 is 16.7 Å². The highest BCUT2D eigenvalue weighted by Crippen LogP contribution is 2.13. The minimum Gasteiger partial charge on any atom is -0.346 e. The van der Waals surface area contributed by atoms with Crippen LogP contribution in [0.25, 0.3) is 10.8 Å². The van der Waals surface area contributed by atoms with Gasteiger partial charge in [0.05, 0.1) is 24.2 Å². The number of hydrogen-bond acceptors (Lipinski definition) is 4. The first-order valence-electron chi connectivity index (χ1n) is 9.44. The van der Waals surface area contributed by atoms with Gasteiger partial charge in [-0.2, -0.15) is 5.10 Å². The molecular weight excluding hydrogens is 364 g/mol. The lowest BCUT2D eigenvalue weighted by atomic mass is 10.1. The van der Waals surface area contributed by atoms with E-state index in [1.807, 2.05) is 54.6 Å². The topological polar surface area (TPSA) is 76.9 Å². The molecule has 29 heavy (non-hydrogen) atoms. The molecule has 4 rings (SSSR count). The fourth-order valence-electron chi connectivity index (χ4n) is 3.21. The van der Waals surface area contributed by atoms with Crippen LogP contribution in [0.5, 0.6) is 0 Å². The summed E-state index contributed by atoms with van der Waals surface area (Å²) in [6, 6.07) is 22.1. The van der Waals surface area contributed by atoms with Crippen LogP contribution in [0.2, 0.25) is 0 Å². The summed E-state index contributed by atoms with van der Waals surface area (Å²) < 4.78 is 1.46. The molecule has 2 aromatic carbocycles. The molecule has 0 aliphatic rings. The van der Waals surface area contributed by atoms with Crippen molar-refractivity contribution in [2.45, 2.75) is 19.5 Å². The Bertz CT molecular complexity index is 1190. The smallest absolute Gasteiger partial charge is 0.274 e. The Hall–Kier alpha value is -3.80. The second-order valence-electron chi connectivity index (χ2n) is 6.64. The fraction of sp³-hybridized carbons (Fsp3) is 0.130. The highest BCUT2D eigenvalue weighted by Gasteiger charge is 2.12. The van der Waals surface area contributed by atoms with Gasteiger partial charge in [0.15, 0.2) is 0 Å². The normalized spacial score (nSPS) is 10.8. The van der Waals surface area contributed by atoms with Crippen molar-refractivity contribution in [1.29, 1.82) is 0 Å². The number of fused-ring (bicyclic) bond motifs is 1. The van der Waals surface area contributed by atoms with E-state index in [1.54, 1.807) is 24.4 Å². The van der Waals surface area contributed by atoms with E-state index in [0.717, 1.165) is 11.1 Å². The molecule has 6 nitrogen and oxygen atoms in total. The van der Waals surface area contributed by atoms with Gasteiger partial charge < -0.3 is 5.32 Å². The van der Waals surface area contributed by atoms with Crippen LogP contribution in [0.1, 0.15) is 21.7 Å². The predicted molar refractivity (Wildman–Crippen MR) is 112 cm³/mol. The minimum absolute atomic E-state index is 0.144. The van der Waals surface area contributed by atoms with E-state index in [2.05, 4.69) is 15.4 Å². The van der Waals surface area contributed by atoms with Gasteiger partial charge in [-0.3, -0.25) is 14.6 Å². The van der Waals surface area contributed by atoms with Crippen LogP contribution in [0, 0.1) is 0 Å². The molecule has 1 N–H and O–H groups in total. The summed E-state index contributed by atoms with van der Waals surface area (Å²) in [7, 11) is 0. The number of rotatable bonds is 6. The maximum Gasteiger partial charge on any atom is 0.274 e. The molecule has 0 spiro atoms. The maximum absolute atomic E-state index is 12.9. The van der Waals surface area contributed by atoms with Crippen LogP contribution in [0.4, 0.5) is 0 Å². The molecule has 0 saturated heterocycles. The molecule has 2 heterocycles. The van der Waals surface area contributed by atoms with Crippen molar-refractivity contribution in [2.75, 3.05) is 0 Å². The molecule has 6 heteroatoms. The first-order valence-corrected chi connectivity index (χ1v) is 9.44. The molecule has 0 saturated carbocycles. The van der Waals surface area contributed by atoms with E-state index in [4.69, 9.17) is 0 Å². The summed E-state index contributed by atoms with van der Waals surface area (Å²) in [5.74, 6) is -0.178. The lowest BCUT2D eigenvalue weighted by Gasteiger charge is -2.12. The molecule has 0 fully saturated rings. The Morgan fingerprint density at radius 1 is 0.897 bits per heavy atom. The molecular formula is C23H20N4O2. The number of hydrogen-bond donors (Lipinski definition) is 1. The molecule has 0 bridgehead atoms. The Balaban J connectivity index is 1.61. The molecule has 0 atom stereocenters. The third-order valence-corrected chi connectivity index (χ3v) is 4.70. The molecule has 4 aromatic rings. The number of benzene rings is 2. The molecule has 1 amide bonds. The number of aryl methyl sites for hydroxylation is 2. The molecule has 2 aromatic heterocycles. The van der Waals surface area contributed by atoms with E-state index >= 15 is 0 Å². The second kappa shape index (κ2) is 8.48. The number of carbonyl (C=O) groups is 1. The van der Waals surface area contributed by atoms with Crippen LogP contribution in [0.3, 0.4) is 0 Å². The summed E-state index contributed by atoms with van der Waals surface area (Å²) in [4.78, 5) is 29.6. The van der Waals surface area contributed by atoms with Crippen LogP contribution < -0.4 is 10.9 Å². The van der Waals surface area contributed by atoms with Crippen LogP contribution in [-0.4, -0.2) is 20.7 Å². The van der Waals surface area contributed by atoms with E-state index in [-0.39, 0.29) is 18.0 Å². The molecule has 0 aliphatic heterocycles. The van der Waals surface area contributed by atoms with Gasteiger partial charge in [-0.25, -0.2) is 4.68 Å². The van der Waals surface area contributed by atoms with E-state index < -0.39 is 0 Å². The van der Waals surface area contributed by atoms with Gasteiger partial charge in [0.1, 0.15) is 0 Å². The largest absolute Gasteiger partial charge is 0.346 e. The standard InChI is InChI=1S/C23H20N4O2/c28-22(17-8-2-1-3-9-17)25-16-21-19-11-4-5-12-20(19)23(29)27(26-21)15-13-18-10-6-7-14-24-18/h1-12,14H,13,15-16H2,(H,25,28). The summed E-state index contributed by atoms with van der Waals surface area (Å²) in [5.41, 5.74) is 1.99. The van der Waals surface area contributed by atoms with Crippen LogP contribution in [-0.2, 0) is 19.5 Å². The molecule has 144 valence electrons. The van der Waals surface area contributed by atoms with Crippen molar-refractivity contribution in [1.82, 2.24) is 20.1 Å². The van der Waals surface area contributed by atoms with Gasteiger partial charge in [0, 0.05) is 29.3 Å². The van der Waals surface area contributed by atoms with Gasteiger partial charge in [-0.05, 0) is 30.3 Å². The van der Waals surface area contributed by atoms with Crippen LogP contribution >= 0.6 is 0 Å². The molecule has 0 aliphatic carbocycles. The molecule has 0 unspecified atom stereocenters. The third kappa shape index (κ3) is 4.21. The van der Waals surface area contributed by atoms with E-state index in [0.29, 0.717) is 29.6 Å². The monoisotopic (exact) mass is 384 g/mol. The predicted octanol–water partition coefficient (Wildman–Crippen LogP) is 2.96.